The van der Waals surface area contributed by atoms with Gasteiger partial charge in [0, 0.05) is 35.6 Å². The van der Waals surface area contributed by atoms with Crippen molar-refractivity contribution in [1.29, 1.82) is 0 Å². The molecule has 0 saturated heterocycles. The molecule has 176 valence electrons. The van der Waals surface area contributed by atoms with Gasteiger partial charge in [-0.15, -0.1) is 0 Å². The number of halogens is 2. The molecule has 34 heavy (non-hydrogen) atoms. The van der Waals surface area contributed by atoms with Gasteiger partial charge in [0.25, 0.3) is 5.56 Å². The lowest BCUT2D eigenvalue weighted by Crippen LogP contribution is -2.31. The van der Waals surface area contributed by atoms with Crippen LogP contribution in [-0.4, -0.2) is 40.2 Å². The summed E-state index contributed by atoms with van der Waals surface area (Å²) in [6.07, 6.45) is 6.06. The van der Waals surface area contributed by atoms with Crippen LogP contribution in [0.5, 0.6) is 5.75 Å². The summed E-state index contributed by atoms with van der Waals surface area (Å²) in [5, 5.41) is 12.2. The molecular formula is C27H27Cl2N3O2. The van der Waals surface area contributed by atoms with E-state index in [1.54, 1.807) is 18.2 Å². The van der Waals surface area contributed by atoms with Crippen LogP contribution in [0.2, 0.25) is 10.0 Å². The lowest BCUT2D eigenvalue weighted by atomic mass is 9.85. The molecule has 0 aliphatic heterocycles. The molecule has 2 aromatic heterocycles. The van der Waals surface area contributed by atoms with Gasteiger partial charge >= 0.3 is 0 Å². The van der Waals surface area contributed by atoms with E-state index in [2.05, 4.69) is 24.0 Å². The van der Waals surface area contributed by atoms with Gasteiger partial charge in [0.15, 0.2) is 5.75 Å². The first-order chi connectivity index (χ1) is 16.3. The molecule has 0 unspecified atom stereocenters. The highest BCUT2D eigenvalue weighted by Crippen LogP contribution is 2.39. The standard InChI is InChI=1S/C27H27Cl2N3O2/c1-31(2)15-16-3-7-20(8-4-16)32-25(33)10-6-18-14-30-24-9-5-17(11-21(24)26(18)32)19-12-22(28)27(34)23(29)13-19/h5-6,9-14,16,20,34H,3-4,7-8,15H2,1-2H3/t16-,20-. The number of aromatic hydroxyl groups is 1. The third kappa shape index (κ3) is 4.28. The summed E-state index contributed by atoms with van der Waals surface area (Å²) < 4.78 is 1.99. The van der Waals surface area contributed by atoms with Crippen molar-refractivity contribution in [3.05, 3.63) is 69.1 Å². The Kier molecular flexibility index (Phi) is 6.28. The number of aromatic nitrogens is 2. The fourth-order valence-corrected chi connectivity index (χ4v) is 5.80. The highest BCUT2D eigenvalue weighted by Gasteiger charge is 2.25. The normalized spacial score (nSPS) is 18.7. The molecule has 0 bridgehead atoms. The second-order valence-corrected chi connectivity index (χ2v) is 10.4. The zero-order valence-electron chi connectivity index (χ0n) is 19.3. The van der Waals surface area contributed by atoms with Crippen LogP contribution < -0.4 is 5.56 Å². The highest BCUT2D eigenvalue weighted by atomic mass is 35.5. The van der Waals surface area contributed by atoms with Crippen molar-refractivity contribution in [3.8, 4) is 16.9 Å². The molecular weight excluding hydrogens is 469 g/mol. The maximum absolute atomic E-state index is 13.2. The SMILES string of the molecule is CN(C)C[C@H]1CC[C@H](n2c(=O)ccc3cnc4ccc(-c5cc(Cl)c(O)c(Cl)c5)cc4c32)CC1. The Morgan fingerprint density at radius 2 is 1.71 bits per heavy atom. The number of hydrogen-bond acceptors (Lipinski definition) is 4. The van der Waals surface area contributed by atoms with E-state index in [0.717, 1.165) is 65.2 Å². The second kappa shape index (κ2) is 9.21. The number of phenols is 1. The van der Waals surface area contributed by atoms with E-state index in [-0.39, 0.29) is 27.4 Å². The van der Waals surface area contributed by atoms with Crippen LogP contribution in [-0.2, 0) is 0 Å². The van der Waals surface area contributed by atoms with Crippen molar-refractivity contribution in [2.75, 3.05) is 20.6 Å². The minimum absolute atomic E-state index is 0.0252. The summed E-state index contributed by atoms with van der Waals surface area (Å²) in [5.41, 5.74) is 3.46. The molecule has 0 radical (unpaired) electrons. The average molecular weight is 496 g/mol. The molecule has 1 fully saturated rings. The lowest BCUT2D eigenvalue weighted by molar-refractivity contribution is 0.224. The van der Waals surface area contributed by atoms with Crippen molar-refractivity contribution in [1.82, 2.24) is 14.5 Å². The van der Waals surface area contributed by atoms with Gasteiger partial charge in [-0.25, -0.2) is 0 Å². The minimum Gasteiger partial charge on any atom is -0.505 e. The molecule has 0 amide bonds. The number of hydrogen-bond donors (Lipinski definition) is 1. The van der Waals surface area contributed by atoms with Gasteiger partial charge in [0.1, 0.15) is 0 Å². The summed E-state index contributed by atoms with van der Waals surface area (Å²) in [5.74, 6) is 0.546. The lowest BCUT2D eigenvalue weighted by Gasteiger charge is -2.32. The maximum Gasteiger partial charge on any atom is 0.251 e. The van der Waals surface area contributed by atoms with E-state index < -0.39 is 0 Å². The summed E-state index contributed by atoms with van der Waals surface area (Å²) in [6, 6.07) is 13.0. The third-order valence-corrected chi connectivity index (χ3v) is 7.48. The Balaban J connectivity index is 1.65. The van der Waals surface area contributed by atoms with E-state index in [1.807, 2.05) is 35.0 Å². The van der Waals surface area contributed by atoms with Crippen LogP contribution in [0.15, 0.2) is 53.5 Å². The summed E-state index contributed by atoms with van der Waals surface area (Å²) in [7, 11) is 4.24. The highest BCUT2D eigenvalue weighted by molar-refractivity contribution is 6.37. The summed E-state index contributed by atoms with van der Waals surface area (Å²) in [4.78, 5) is 20.1. The van der Waals surface area contributed by atoms with Crippen LogP contribution in [0.25, 0.3) is 32.9 Å². The molecule has 0 spiro atoms. The summed E-state index contributed by atoms with van der Waals surface area (Å²) >= 11 is 12.4. The number of nitrogens with zero attached hydrogens (tertiary/aromatic N) is 3. The molecule has 7 heteroatoms. The van der Waals surface area contributed by atoms with Gasteiger partial charge in [-0.1, -0.05) is 29.3 Å². The molecule has 1 N–H and O–H groups in total. The fourth-order valence-electron chi connectivity index (χ4n) is 5.31. The first-order valence-electron chi connectivity index (χ1n) is 11.6. The first kappa shape index (κ1) is 23.2. The molecule has 1 aliphatic carbocycles. The van der Waals surface area contributed by atoms with Crippen LogP contribution in [0.4, 0.5) is 0 Å². The van der Waals surface area contributed by atoms with E-state index >= 15 is 0 Å². The van der Waals surface area contributed by atoms with Gasteiger partial charge < -0.3 is 14.6 Å². The molecule has 2 aromatic carbocycles. The third-order valence-electron chi connectivity index (χ3n) is 6.91. The molecule has 2 heterocycles. The van der Waals surface area contributed by atoms with Crippen LogP contribution in [0, 0.1) is 5.92 Å². The number of benzene rings is 2. The van der Waals surface area contributed by atoms with E-state index in [0.29, 0.717) is 5.92 Å². The number of fused-ring (bicyclic) bond motifs is 3. The van der Waals surface area contributed by atoms with E-state index in [1.165, 1.54) is 0 Å². The summed E-state index contributed by atoms with van der Waals surface area (Å²) in [6.45, 7) is 1.09. The first-order valence-corrected chi connectivity index (χ1v) is 12.3. The van der Waals surface area contributed by atoms with Gasteiger partial charge in [-0.05, 0) is 87.2 Å². The maximum atomic E-state index is 13.2. The monoisotopic (exact) mass is 495 g/mol. The number of phenolic OH excluding ortho intramolecular Hbond substituents is 1. The van der Waals surface area contributed by atoms with Crippen molar-refractivity contribution in [3.63, 3.8) is 0 Å². The Morgan fingerprint density at radius 3 is 2.38 bits per heavy atom. The zero-order chi connectivity index (χ0) is 24.0. The smallest absolute Gasteiger partial charge is 0.251 e. The number of rotatable bonds is 4. The predicted molar refractivity (Wildman–Crippen MR) is 140 cm³/mol. The average Bonchev–Trinajstić information content (AvgIpc) is 2.82. The van der Waals surface area contributed by atoms with Gasteiger partial charge in [0.2, 0.25) is 0 Å². The molecule has 1 aliphatic rings. The fraction of sp³-hybridized carbons (Fsp3) is 0.333. The number of pyridine rings is 2. The molecule has 5 nitrogen and oxygen atoms in total. The van der Waals surface area contributed by atoms with Crippen LogP contribution in [0.3, 0.4) is 0 Å². The Bertz CT molecular complexity index is 1420. The zero-order valence-corrected chi connectivity index (χ0v) is 20.8. The largest absolute Gasteiger partial charge is 0.505 e. The quantitative estimate of drug-likeness (QED) is 0.327. The van der Waals surface area contributed by atoms with E-state index in [9.17, 15) is 9.90 Å². The van der Waals surface area contributed by atoms with Gasteiger partial charge in [-0.3, -0.25) is 9.78 Å². The van der Waals surface area contributed by atoms with Gasteiger partial charge in [-0.2, -0.15) is 0 Å². The Labute approximate surface area is 208 Å². The molecule has 0 atom stereocenters. The Hall–Kier alpha value is -2.60. The molecule has 4 aromatic rings. The second-order valence-electron chi connectivity index (χ2n) is 9.56. The van der Waals surface area contributed by atoms with Crippen molar-refractivity contribution in [2.24, 2.45) is 5.92 Å². The minimum atomic E-state index is -0.126. The van der Waals surface area contributed by atoms with Crippen molar-refractivity contribution < 1.29 is 5.11 Å². The van der Waals surface area contributed by atoms with Crippen LogP contribution in [0.1, 0.15) is 31.7 Å². The topological polar surface area (TPSA) is 58.4 Å². The van der Waals surface area contributed by atoms with Crippen molar-refractivity contribution >= 4 is 45.0 Å². The van der Waals surface area contributed by atoms with Crippen molar-refractivity contribution in [2.45, 2.75) is 31.7 Å². The molecule has 5 rings (SSSR count). The molecule has 1 saturated carbocycles. The van der Waals surface area contributed by atoms with Crippen LogP contribution >= 0.6 is 23.2 Å². The van der Waals surface area contributed by atoms with E-state index in [4.69, 9.17) is 23.2 Å². The Morgan fingerprint density at radius 1 is 1.00 bits per heavy atom. The van der Waals surface area contributed by atoms with Gasteiger partial charge in [0.05, 0.1) is 21.1 Å². The predicted octanol–water partition coefficient (Wildman–Crippen LogP) is 6.52.